The average Bonchev–Trinajstić information content (AvgIpc) is 1.88. The number of alkyl halides is 1. The first-order valence-corrected chi connectivity index (χ1v) is 3.50. The molecule has 0 saturated heterocycles. The summed E-state index contributed by atoms with van der Waals surface area (Å²) in [5, 5.41) is 0. The van der Waals surface area contributed by atoms with Crippen molar-refractivity contribution in [3.63, 3.8) is 0 Å². The van der Waals surface area contributed by atoms with Crippen LogP contribution in [0.4, 0.5) is 0 Å². The third kappa shape index (κ3) is 1.88. The fraction of sp³-hybridized carbons (Fsp3) is 0.286. The molecule has 54 valence electrons. The van der Waals surface area contributed by atoms with E-state index in [-0.39, 0.29) is 5.63 Å². The molecule has 1 aromatic heterocycles. The lowest BCUT2D eigenvalue weighted by atomic mass is 10.2. The zero-order valence-electron chi connectivity index (χ0n) is 5.34. The monoisotopic (exact) mass is 158 g/mol. The number of aryl methyl sites for hydroxylation is 1. The fourth-order valence-electron chi connectivity index (χ4n) is 0.687. The first-order valence-electron chi connectivity index (χ1n) is 2.96. The van der Waals surface area contributed by atoms with Gasteiger partial charge in [-0.1, -0.05) is 0 Å². The molecule has 1 rings (SSSR count). The van der Waals surface area contributed by atoms with Crippen LogP contribution in [-0.4, -0.2) is 5.88 Å². The van der Waals surface area contributed by atoms with E-state index in [2.05, 4.69) is 4.42 Å². The van der Waals surface area contributed by atoms with E-state index in [9.17, 15) is 4.79 Å². The van der Waals surface area contributed by atoms with Gasteiger partial charge in [0.2, 0.25) is 0 Å². The molecule has 10 heavy (non-hydrogen) atoms. The maximum atomic E-state index is 10.6. The molecule has 0 spiro atoms. The van der Waals surface area contributed by atoms with E-state index in [0.717, 1.165) is 5.56 Å². The van der Waals surface area contributed by atoms with E-state index >= 15 is 0 Å². The Labute approximate surface area is 63.4 Å². The summed E-state index contributed by atoms with van der Waals surface area (Å²) < 4.78 is 4.52. The Morgan fingerprint density at radius 3 is 3.00 bits per heavy atom. The largest absolute Gasteiger partial charge is 0.431 e. The molecule has 0 fully saturated rings. The molecule has 0 radical (unpaired) electrons. The fourth-order valence-corrected chi connectivity index (χ4v) is 0.905. The predicted octanol–water partition coefficient (Wildman–Crippen LogP) is 1.42. The van der Waals surface area contributed by atoms with Crippen molar-refractivity contribution < 1.29 is 4.42 Å². The van der Waals surface area contributed by atoms with E-state index < -0.39 is 0 Å². The molecule has 2 nitrogen and oxygen atoms in total. The average molecular weight is 159 g/mol. The maximum absolute atomic E-state index is 10.6. The van der Waals surface area contributed by atoms with E-state index in [1.807, 2.05) is 0 Å². The van der Waals surface area contributed by atoms with Gasteiger partial charge in [0.05, 0.1) is 6.26 Å². The maximum Gasteiger partial charge on any atom is 0.335 e. The van der Waals surface area contributed by atoms with Gasteiger partial charge in [-0.3, -0.25) is 0 Å². The van der Waals surface area contributed by atoms with Crippen LogP contribution < -0.4 is 5.63 Å². The molecule has 0 amide bonds. The minimum absolute atomic E-state index is 0.317. The predicted molar refractivity (Wildman–Crippen MR) is 39.4 cm³/mol. The number of hydrogen-bond donors (Lipinski definition) is 0. The summed E-state index contributed by atoms with van der Waals surface area (Å²) in [4.78, 5) is 10.6. The summed E-state index contributed by atoms with van der Waals surface area (Å²) in [5.41, 5.74) is 0.605. The molecule has 0 aliphatic heterocycles. The number of hydrogen-bond acceptors (Lipinski definition) is 2. The normalized spacial score (nSPS) is 9.70. The van der Waals surface area contributed by atoms with Crippen LogP contribution in [-0.2, 0) is 6.42 Å². The van der Waals surface area contributed by atoms with Gasteiger partial charge in [0, 0.05) is 11.9 Å². The van der Waals surface area contributed by atoms with Crippen LogP contribution in [0.2, 0.25) is 0 Å². The van der Waals surface area contributed by atoms with Gasteiger partial charge in [-0.15, -0.1) is 11.6 Å². The molecule has 0 aliphatic carbocycles. The van der Waals surface area contributed by atoms with E-state index in [0.29, 0.717) is 12.3 Å². The number of halogens is 1. The summed E-state index contributed by atoms with van der Waals surface area (Å²) in [7, 11) is 0. The number of rotatable bonds is 2. The summed E-state index contributed by atoms with van der Waals surface area (Å²) in [6.07, 6.45) is 2.09. The quantitative estimate of drug-likeness (QED) is 0.610. The summed E-state index contributed by atoms with van der Waals surface area (Å²) in [6.45, 7) is 0. The molecule has 0 atom stereocenters. The van der Waals surface area contributed by atoms with Crippen molar-refractivity contribution >= 4 is 11.6 Å². The highest BCUT2D eigenvalue weighted by atomic mass is 35.5. The third-order valence-corrected chi connectivity index (χ3v) is 1.34. The van der Waals surface area contributed by atoms with Gasteiger partial charge in [0.15, 0.2) is 0 Å². The summed E-state index contributed by atoms with van der Waals surface area (Å²) in [6, 6.07) is 3.19. The van der Waals surface area contributed by atoms with Gasteiger partial charge in [-0.25, -0.2) is 4.79 Å². The Morgan fingerprint density at radius 1 is 1.60 bits per heavy atom. The third-order valence-electron chi connectivity index (χ3n) is 1.15. The van der Waals surface area contributed by atoms with Crippen LogP contribution in [0.5, 0.6) is 0 Å². The molecule has 0 aromatic carbocycles. The van der Waals surface area contributed by atoms with E-state index in [1.165, 1.54) is 12.3 Å². The molecule has 0 aliphatic rings. The van der Waals surface area contributed by atoms with Crippen molar-refractivity contribution in [2.45, 2.75) is 6.42 Å². The molecule has 0 bridgehead atoms. The SMILES string of the molecule is O=c1cc(CCCl)cco1. The van der Waals surface area contributed by atoms with Crippen LogP contribution in [0, 0.1) is 0 Å². The van der Waals surface area contributed by atoms with Crippen molar-refractivity contribution in [2.75, 3.05) is 5.88 Å². The summed E-state index contributed by atoms with van der Waals surface area (Å²) in [5.74, 6) is 0.531. The van der Waals surface area contributed by atoms with Crippen LogP contribution in [0.3, 0.4) is 0 Å². The second-order valence-corrected chi connectivity index (χ2v) is 2.28. The van der Waals surface area contributed by atoms with Crippen molar-refractivity contribution in [3.05, 3.63) is 34.4 Å². The highest BCUT2D eigenvalue weighted by Crippen LogP contribution is 1.96. The first-order chi connectivity index (χ1) is 4.83. The Bertz CT molecular complexity index is 254. The van der Waals surface area contributed by atoms with Crippen molar-refractivity contribution in [3.8, 4) is 0 Å². The second-order valence-electron chi connectivity index (χ2n) is 1.90. The van der Waals surface area contributed by atoms with Crippen LogP contribution in [0.25, 0.3) is 0 Å². The Balaban J connectivity index is 2.85. The van der Waals surface area contributed by atoms with Gasteiger partial charge >= 0.3 is 5.63 Å². The molecule has 1 aromatic rings. The van der Waals surface area contributed by atoms with Crippen molar-refractivity contribution in [1.29, 1.82) is 0 Å². The van der Waals surface area contributed by atoms with Gasteiger partial charge < -0.3 is 4.42 Å². The molecule has 1 heterocycles. The molecule has 3 heteroatoms. The van der Waals surface area contributed by atoms with Gasteiger partial charge in [0.1, 0.15) is 0 Å². The molecule has 0 N–H and O–H groups in total. The molecular formula is C7H7ClO2. The van der Waals surface area contributed by atoms with Crippen LogP contribution >= 0.6 is 11.6 Å². The zero-order valence-corrected chi connectivity index (χ0v) is 6.10. The minimum Gasteiger partial charge on any atom is -0.431 e. The Morgan fingerprint density at radius 2 is 2.40 bits per heavy atom. The Hall–Kier alpha value is -0.760. The second kappa shape index (κ2) is 3.42. The standard InChI is InChI=1S/C7H7ClO2/c8-3-1-6-2-4-10-7(9)5-6/h2,4-5H,1,3H2. The lowest BCUT2D eigenvalue weighted by Crippen LogP contribution is -1.98. The van der Waals surface area contributed by atoms with Crippen LogP contribution in [0.1, 0.15) is 5.56 Å². The first kappa shape index (κ1) is 7.35. The van der Waals surface area contributed by atoms with Crippen LogP contribution in [0.15, 0.2) is 27.6 Å². The van der Waals surface area contributed by atoms with Crippen molar-refractivity contribution in [2.24, 2.45) is 0 Å². The van der Waals surface area contributed by atoms with Gasteiger partial charge in [0.25, 0.3) is 0 Å². The lowest BCUT2D eigenvalue weighted by Gasteiger charge is -1.91. The summed E-state index contributed by atoms with van der Waals surface area (Å²) >= 11 is 5.46. The topological polar surface area (TPSA) is 30.2 Å². The Kier molecular flexibility index (Phi) is 2.51. The minimum atomic E-state index is -0.317. The molecule has 0 saturated carbocycles. The molecular weight excluding hydrogens is 152 g/mol. The van der Waals surface area contributed by atoms with Gasteiger partial charge in [-0.05, 0) is 18.1 Å². The highest BCUT2D eigenvalue weighted by Gasteiger charge is 1.91. The van der Waals surface area contributed by atoms with E-state index in [1.54, 1.807) is 6.07 Å². The lowest BCUT2D eigenvalue weighted by molar-refractivity contribution is 0.508. The van der Waals surface area contributed by atoms with Crippen molar-refractivity contribution in [1.82, 2.24) is 0 Å². The highest BCUT2D eigenvalue weighted by molar-refractivity contribution is 6.17. The van der Waals surface area contributed by atoms with Gasteiger partial charge in [-0.2, -0.15) is 0 Å². The van der Waals surface area contributed by atoms with E-state index in [4.69, 9.17) is 11.6 Å². The zero-order chi connectivity index (χ0) is 7.40. The smallest absolute Gasteiger partial charge is 0.335 e. The molecule has 0 unspecified atom stereocenters.